The molecule has 0 saturated carbocycles. The van der Waals surface area contributed by atoms with Gasteiger partial charge in [-0.15, -0.1) is 10.2 Å². The van der Waals surface area contributed by atoms with E-state index in [0.29, 0.717) is 28.6 Å². The standard InChI is InChI=1S/C21H21N5O3S/c1-3-12-25-19(28)16-6-4-5-7-17(16)26-20(25)23-24-21(26)30-13-18(27)22-14-8-10-15(29-2)11-9-14/h4-11H,3,12-13H2,1-2H3,(H,22,27). The second kappa shape index (κ2) is 8.58. The van der Waals surface area contributed by atoms with Crippen LogP contribution in [0.4, 0.5) is 5.69 Å². The third-order valence-electron chi connectivity index (χ3n) is 4.63. The van der Waals surface area contributed by atoms with Crippen LogP contribution >= 0.6 is 11.8 Å². The Morgan fingerprint density at radius 2 is 1.90 bits per heavy atom. The quantitative estimate of drug-likeness (QED) is 0.459. The van der Waals surface area contributed by atoms with Crippen LogP contribution in [-0.2, 0) is 11.3 Å². The Kier molecular flexibility index (Phi) is 5.71. The SMILES string of the molecule is CCCn1c(=O)c2ccccc2n2c(SCC(=O)Nc3ccc(OC)cc3)nnc12. The first-order valence-corrected chi connectivity index (χ1v) is 10.5. The van der Waals surface area contributed by atoms with Crippen LogP contribution in [0.3, 0.4) is 0 Å². The molecule has 1 N–H and O–H groups in total. The van der Waals surface area contributed by atoms with Crippen molar-refractivity contribution in [1.29, 1.82) is 0 Å². The number of hydrogen-bond acceptors (Lipinski definition) is 6. The lowest BCUT2D eigenvalue weighted by molar-refractivity contribution is -0.113. The van der Waals surface area contributed by atoms with E-state index in [2.05, 4.69) is 15.5 Å². The van der Waals surface area contributed by atoms with Gasteiger partial charge in [0.05, 0.1) is 23.8 Å². The molecule has 30 heavy (non-hydrogen) atoms. The number of carbonyl (C=O) groups is 1. The summed E-state index contributed by atoms with van der Waals surface area (Å²) in [4.78, 5) is 25.3. The van der Waals surface area contributed by atoms with Gasteiger partial charge in [-0.05, 0) is 42.8 Å². The average molecular weight is 423 g/mol. The lowest BCUT2D eigenvalue weighted by atomic mass is 10.2. The van der Waals surface area contributed by atoms with Gasteiger partial charge in [0, 0.05) is 12.2 Å². The molecule has 0 fully saturated rings. The minimum Gasteiger partial charge on any atom is -0.497 e. The number of nitrogens with zero attached hydrogens (tertiary/aromatic N) is 4. The lowest BCUT2D eigenvalue weighted by Gasteiger charge is -2.10. The predicted octanol–water partition coefficient (Wildman–Crippen LogP) is 3.19. The van der Waals surface area contributed by atoms with Gasteiger partial charge in [-0.2, -0.15) is 0 Å². The Bertz CT molecular complexity index is 1260. The molecule has 4 rings (SSSR count). The maximum absolute atomic E-state index is 12.9. The highest BCUT2D eigenvalue weighted by molar-refractivity contribution is 7.99. The molecule has 2 aromatic heterocycles. The van der Waals surface area contributed by atoms with Gasteiger partial charge in [0.2, 0.25) is 11.7 Å². The first kappa shape index (κ1) is 20.0. The van der Waals surface area contributed by atoms with Crippen LogP contribution in [0.15, 0.2) is 58.5 Å². The van der Waals surface area contributed by atoms with E-state index in [1.807, 2.05) is 29.5 Å². The summed E-state index contributed by atoms with van der Waals surface area (Å²) in [6.45, 7) is 2.56. The molecule has 2 aromatic carbocycles. The van der Waals surface area contributed by atoms with E-state index in [0.717, 1.165) is 17.7 Å². The number of benzene rings is 2. The number of ether oxygens (including phenoxy) is 1. The molecule has 154 valence electrons. The molecule has 2 heterocycles. The maximum atomic E-state index is 12.9. The molecular formula is C21H21N5O3S. The number of thioether (sulfide) groups is 1. The van der Waals surface area contributed by atoms with Crippen LogP contribution in [-0.4, -0.2) is 37.9 Å². The lowest BCUT2D eigenvalue weighted by Crippen LogP contribution is -2.23. The summed E-state index contributed by atoms with van der Waals surface area (Å²) >= 11 is 1.28. The van der Waals surface area contributed by atoms with E-state index in [-0.39, 0.29) is 17.2 Å². The molecule has 4 aromatic rings. The van der Waals surface area contributed by atoms with E-state index in [9.17, 15) is 9.59 Å². The Balaban J connectivity index is 1.61. The normalized spacial score (nSPS) is 11.1. The van der Waals surface area contributed by atoms with Gasteiger partial charge in [0.15, 0.2) is 5.16 Å². The summed E-state index contributed by atoms with van der Waals surface area (Å²) in [6, 6.07) is 14.5. The number of methoxy groups -OCH3 is 1. The summed E-state index contributed by atoms with van der Waals surface area (Å²) in [5.41, 5.74) is 1.34. The fourth-order valence-electron chi connectivity index (χ4n) is 3.25. The monoisotopic (exact) mass is 423 g/mol. The molecular weight excluding hydrogens is 402 g/mol. The van der Waals surface area contributed by atoms with Crippen molar-refractivity contribution in [1.82, 2.24) is 19.2 Å². The average Bonchev–Trinajstić information content (AvgIpc) is 3.20. The van der Waals surface area contributed by atoms with Crippen molar-refractivity contribution in [2.45, 2.75) is 25.0 Å². The van der Waals surface area contributed by atoms with Gasteiger partial charge in [0.1, 0.15) is 5.75 Å². The topological polar surface area (TPSA) is 90.5 Å². The van der Waals surface area contributed by atoms with E-state index < -0.39 is 0 Å². The second-order valence-corrected chi connectivity index (χ2v) is 7.60. The Hall–Kier alpha value is -3.33. The minimum atomic E-state index is -0.159. The first-order chi connectivity index (χ1) is 14.6. The number of fused-ring (bicyclic) bond motifs is 3. The molecule has 0 unspecified atom stereocenters. The number of hydrogen-bond donors (Lipinski definition) is 1. The zero-order valence-electron chi connectivity index (χ0n) is 16.7. The van der Waals surface area contributed by atoms with Crippen LogP contribution in [0.25, 0.3) is 16.7 Å². The van der Waals surface area contributed by atoms with Crippen LogP contribution < -0.4 is 15.6 Å². The fourth-order valence-corrected chi connectivity index (χ4v) is 3.99. The van der Waals surface area contributed by atoms with Crippen molar-refractivity contribution in [2.24, 2.45) is 0 Å². The van der Waals surface area contributed by atoms with E-state index in [4.69, 9.17) is 4.74 Å². The zero-order chi connectivity index (χ0) is 21.1. The number of nitrogens with one attached hydrogen (secondary N) is 1. The highest BCUT2D eigenvalue weighted by Gasteiger charge is 2.17. The summed E-state index contributed by atoms with van der Waals surface area (Å²) in [5, 5.41) is 12.5. The highest BCUT2D eigenvalue weighted by Crippen LogP contribution is 2.22. The van der Waals surface area contributed by atoms with Crippen molar-refractivity contribution in [3.05, 3.63) is 58.9 Å². The number of para-hydroxylation sites is 1. The van der Waals surface area contributed by atoms with Crippen LogP contribution in [0.1, 0.15) is 13.3 Å². The van der Waals surface area contributed by atoms with Crippen molar-refractivity contribution >= 4 is 40.0 Å². The maximum Gasteiger partial charge on any atom is 0.262 e. The van der Waals surface area contributed by atoms with Crippen molar-refractivity contribution in [3.8, 4) is 5.75 Å². The molecule has 0 aliphatic heterocycles. The molecule has 0 aliphatic rings. The largest absolute Gasteiger partial charge is 0.497 e. The molecule has 0 radical (unpaired) electrons. The van der Waals surface area contributed by atoms with Crippen molar-refractivity contribution in [3.63, 3.8) is 0 Å². The first-order valence-electron chi connectivity index (χ1n) is 9.55. The van der Waals surface area contributed by atoms with Crippen LogP contribution in [0.2, 0.25) is 0 Å². The minimum absolute atomic E-state index is 0.0823. The number of amides is 1. The molecule has 9 heteroatoms. The Morgan fingerprint density at radius 1 is 1.13 bits per heavy atom. The molecule has 0 atom stereocenters. The molecule has 0 bridgehead atoms. The summed E-state index contributed by atoms with van der Waals surface area (Å²) in [5.74, 6) is 1.21. The predicted molar refractivity (Wildman–Crippen MR) is 117 cm³/mol. The molecule has 0 saturated heterocycles. The van der Waals surface area contributed by atoms with Gasteiger partial charge < -0.3 is 10.1 Å². The van der Waals surface area contributed by atoms with Crippen LogP contribution in [0.5, 0.6) is 5.75 Å². The number of rotatable bonds is 7. The van der Waals surface area contributed by atoms with Gasteiger partial charge in [0.25, 0.3) is 5.56 Å². The summed E-state index contributed by atoms with van der Waals surface area (Å²) in [6.07, 6.45) is 0.799. The third kappa shape index (κ3) is 3.76. The number of aromatic nitrogens is 4. The van der Waals surface area contributed by atoms with Gasteiger partial charge in [-0.25, -0.2) is 0 Å². The molecule has 0 aliphatic carbocycles. The fraction of sp³-hybridized carbons (Fsp3) is 0.238. The van der Waals surface area contributed by atoms with Crippen molar-refractivity contribution < 1.29 is 9.53 Å². The molecule has 0 spiro atoms. The van der Waals surface area contributed by atoms with E-state index in [1.54, 1.807) is 42.0 Å². The molecule has 8 nitrogen and oxygen atoms in total. The summed E-state index contributed by atoms with van der Waals surface area (Å²) < 4.78 is 8.60. The number of aryl methyl sites for hydroxylation is 1. The van der Waals surface area contributed by atoms with Gasteiger partial charge >= 0.3 is 0 Å². The summed E-state index contributed by atoms with van der Waals surface area (Å²) in [7, 11) is 1.59. The van der Waals surface area contributed by atoms with E-state index in [1.165, 1.54) is 11.8 Å². The Morgan fingerprint density at radius 3 is 2.63 bits per heavy atom. The Labute approximate surface area is 176 Å². The number of anilines is 1. The third-order valence-corrected chi connectivity index (χ3v) is 5.56. The van der Waals surface area contributed by atoms with Crippen molar-refractivity contribution in [2.75, 3.05) is 18.2 Å². The molecule has 1 amide bonds. The highest BCUT2D eigenvalue weighted by atomic mass is 32.2. The number of carbonyl (C=O) groups excluding carboxylic acids is 1. The second-order valence-electron chi connectivity index (χ2n) is 6.66. The zero-order valence-corrected chi connectivity index (χ0v) is 17.5. The van der Waals surface area contributed by atoms with E-state index >= 15 is 0 Å². The van der Waals surface area contributed by atoms with Gasteiger partial charge in [-0.3, -0.25) is 18.6 Å². The van der Waals surface area contributed by atoms with Gasteiger partial charge in [-0.1, -0.05) is 30.8 Å². The smallest absolute Gasteiger partial charge is 0.262 e. The van der Waals surface area contributed by atoms with Crippen LogP contribution in [0, 0.1) is 0 Å².